The van der Waals surface area contributed by atoms with Gasteiger partial charge in [-0.2, -0.15) is 0 Å². The number of aliphatic hydroxyl groups is 1. The summed E-state index contributed by atoms with van der Waals surface area (Å²) < 4.78 is 10.3. The number of aliphatic hydroxyl groups excluding tert-OH is 1. The number of methoxy groups -OCH3 is 1. The number of hydrogen-bond acceptors (Lipinski definition) is 8. The first-order valence-electron chi connectivity index (χ1n) is 11.3. The third-order valence-electron chi connectivity index (χ3n) is 5.04. The predicted octanol–water partition coefficient (Wildman–Crippen LogP) is 1.13. The van der Waals surface area contributed by atoms with Crippen LogP contribution < -0.4 is 20.7 Å². The van der Waals surface area contributed by atoms with E-state index in [0.717, 1.165) is 5.56 Å². The number of phenolic OH excluding ortho intramolecular Hbond substituents is 1. The molecule has 36 heavy (non-hydrogen) atoms. The second-order valence-electron chi connectivity index (χ2n) is 7.85. The lowest BCUT2D eigenvalue weighted by Gasteiger charge is -2.18. The molecule has 0 radical (unpaired) electrons. The molecule has 0 aromatic heterocycles. The monoisotopic (exact) mass is 501 g/mol. The van der Waals surface area contributed by atoms with Crippen molar-refractivity contribution in [3.8, 4) is 11.5 Å². The number of amides is 3. The smallest absolute Gasteiger partial charge is 0.345 e. The highest BCUT2D eigenvalue weighted by Gasteiger charge is 2.20. The molecule has 0 heterocycles. The summed E-state index contributed by atoms with van der Waals surface area (Å²) in [5.74, 6) is -1.95. The van der Waals surface area contributed by atoms with Gasteiger partial charge in [-0.1, -0.05) is 18.2 Å². The van der Waals surface area contributed by atoms with E-state index >= 15 is 0 Å². The Morgan fingerprint density at radius 3 is 2.39 bits per heavy atom. The molecule has 2 aromatic rings. The third-order valence-corrected chi connectivity index (χ3v) is 5.04. The Kier molecular flexibility index (Phi) is 11.2. The van der Waals surface area contributed by atoms with Crippen molar-refractivity contribution in [3.63, 3.8) is 0 Å². The standard InChI is InChI=1S/C25H31N3O8/c1-16(30)27-19(14-17-8-10-18(11-9-17)28-22(32)15-29)24(33)26-12-3-4-13-36-21-7-5-6-20(31)23(21)25(34)35-2/h5-11,19,29,31H,3-4,12-15H2,1-2H3,(H,26,33)(H,27,30)(H,28,32). The second kappa shape index (κ2) is 14.3. The summed E-state index contributed by atoms with van der Waals surface area (Å²) in [6, 6.07) is 10.4. The first-order chi connectivity index (χ1) is 17.2. The second-order valence-corrected chi connectivity index (χ2v) is 7.85. The number of carbonyl (C=O) groups is 4. The van der Waals surface area contributed by atoms with E-state index in [4.69, 9.17) is 9.84 Å². The van der Waals surface area contributed by atoms with Crippen molar-refractivity contribution in [2.24, 2.45) is 0 Å². The van der Waals surface area contributed by atoms with Gasteiger partial charge in [0.1, 0.15) is 29.7 Å². The topological polar surface area (TPSA) is 163 Å². The molecular weight excluding hydrogens is 470 g/mol. The molecule has 194 valence electrons. The molecule has 11 nitrogen and oxygen atoms in total. The molecule has 0 fully saturated rings. The van der Waals surface area contributed by atoms with Gasteiger partial charge >= 0.3 is 5.97 Å². The molecule has 0 aliphatic rings. The van der Waals surface area contributed by atoms with E-state index in [1.807, 2.05) is 0 Å². The molecule has 0 spiro atoms. The summed E-state index contributed by atoms with van der Waals surface area (Å²) in [4.78, 5) is 47.4. The van der Waals surface area contributed by atoms with Crippen molar-refractivity contribution in [2.75, 3.05) is 32.2 Å². The highest BCUT2D eigenvalue weighted by Crippen LogP contribution is 2.28. The molecule has 0 saturated heterocycles. The van der Waals surface area contributed by atoms with Crippen molar-refractivity contribution < 1.29 is 38.9 Å². The van der Waals surface area contributed by atoms with Gasteiger partial charge in [0.25, 0.3) is 0 Å². The maximum Gasteiger partial charge on any atom is 0.345 e. The molecule has 1 atom stereocenters. The van der Waals surface area contributed by atoms with Crippen LogP contribution in [0.5, 0.6) is 11.5 Å². The fraction of sp³-hybridized carbons (Fsp3) is 0.360. The highest BCUT2D eigenvalue weighted by atomic mass is 16.5. The zero-order valence-electron chi connectivity index (χ0n) is 20.2. The van der Waals surface area contributed by atoms with Gasteiger partial charge in [-0.3, -0.25) is 14.4 Å². The molecule has 11 heteroatoms. The Hall–Kier alpha value is -4.12. The van der Waals surface area contributed by atoms with Gasteiger partial charge in [-0.15, -0.1) is 0 Å². The summed E-state index contributed by atoms with van der Waals surface area (Å²) in [6.07, 6.45) is 1.38. The first-order valence-corrected chi connectivity index (χ1v) is 11.3. The minimum atomic E-state index is -0.786. The summed E-state index contributed by atoms with van der Waals surface area (Å²) in [5.41, 5.74) is 1.23. The van der Waals surface area contributed by atoms with Gasteiger partial charge in [0, 0.05) is 25.6 Å². The Labute approximate surface area is 208 Å². The van der Waals surface area contributed by atoms with Gasteiger partial charge in [0.15, 0.2) is 0 Å². The summed E-state index contributed by atoms with van der Waals surface area (Å²) in [6.45, 7) is 1.30. The highest BCUT2D eigenvalue weighted by molar-refractivity contribution is 5.95. The maximum absolute atomic E-state index is 12.7. The number of ether oxygens (including phenoxy) is 2. The number of unbranched alkanes of at least 4 members (excludes halogenated alkanes) is 1. The van der Waals surface area contributed by atoms with Gasteiger partial charge in [0.05, 0.1) is 13.7 Å². The lowest BCUT2D eigenvalue weighted by Crippen LogP contribution is -2.47. The van der Waals surface area contributed by atoms with E-state index in [1.54, 1.807) is 36.4 Å². The Bertz CT molecular complexity index is 1060. The summed E-state index contributed by atoms with van der Waals surface area (Å²) >= 11 is 0. The molecule has 0 aliphatic heterocycles. The summed E-state index contributed by atoms with van der Waals surface area (Å²) in [7, 11) is 1.21. The Morgan fingerprint density at radius 2 is 1.75 bits per heavy atom. The van der Waals surface area contributed by atoms with Crippen molar-refractivity contribution in [1.29, 1.82) is 0 Å². The van der Waals surface area contributed by atoms with Gasteiger partial charge in [-0.25, -0.2) is 4.79 Å². The molecule has 2 aromatic carbocycles. The van der Waals surface area contributed by atoms with Crippen LogP contribution >= 0.6 is 0 Å². The van der Waals surface area contributed by atoms with Crippen molar-refractivity contribution >= 4 is 29.4 Å². The van der Waals surface area contributed by atoms with E-state index in [9.17, 15) is 24.3 Å². The molecule has 1 unspecified atom stereocenters. The van der Waals surface area contributed by atoms with Crippen LogP contribution in [-0.4, -0.2) is 66.8 Å². The fourth-order valence-corrected chi connectivity index (χ4v) is 3.31. The number of aromatic hydroxyl groups is 1. The van der Waals surface area contributed by atoms with Crippen LogP contribution in [-0.2, 0) is 25.5 Å². The average molecular weight is 502 g/mol. The number of nitrogens with one attached hydrogen (secondary N) is 3. The molecule has 3 amide bonds. The summed E-state index contributed by atoms with van der Waals surface area (Å²) in [5, 5.41) is 26.6. The zero-order valence-corrected chi connectivity index (χ0v) is 20.2. The molecule has 0 bridgehead atoms. The van der Waals surface area contributed by atoms with Gasteiger partial charge < -0.3 is 35.6 Å². The number of anilines is 1. The average Bonchev–Trinajstić information content (AvgIpc) is 2.85. The number of phenols is 1. The number of carbonyl (C=O) groups excluding carboxylic acids is 4. The number of hydrogen-bond donors (Lipinski definition) is 5. The predicted molar refractivity (Wildman–Crippen MR) is 131 cm³/mol. The molecule has 2 rings (SSSR count). The van der Waals surface area contributed by atoms with Crippen LogP contribution in [0.4, 0.5) is 5.69 Å². The van der Waals surface area contributed by atoms with Crippen LogP contribution in [0.3, 0.4) is 0 Å². The molecule has 0 aliphatic carbocycles. The minimum absolute atomic E-state index is 0.0461. The number of rotatable bonds is 13. The van der Waals surface area contributed by atoms with Crippen molar-refractivity contribution in [3.05, 3.63) is 53.6 Å². The maximum atomic E-state index is 12.7. The third kappa shape index (κ3) is 8.91. The lowest BCUT2D eigenvalue weighted by atomic mass is 10.0. The largest absolute Gasteiger partial charge is 0.507 e. The van der Waals surface area contributed by atoms with Crippen LogP contribution in [0, 0.1) is 0 Å². The molecule has 5 N–H and O–H groups in total. The van der Waals surface area contributed by atoms with E-state index in [2.05, 4.69) is 20.7 Å². The lowest BCUT2D eigenvalue weighted by molar-refractivity contribution is -0.128. The fourth-order valence-electron chi connectivity index (χ4n) is 3.31. The van der Waals surface area contributed by atoms with Crippen molar-refractivity contribution in [1.82, 2.24) is 10.6 Å². The normalized spacial score (nSPS) is 11.2. The van der Waals surface area contributed by atoms with E-state index in [-0.39, 0.29) is 41.9 Å². The number of esters is 1. The van der Waals surface area contributed by atoms with Gasteiger partial charge in [0.2, 0.25) is 17.7 Å². The Morgan fingerprint density at radius 1 is 1.03 bits per heavy atom. The Balaban J connectivity index is 1.83. The SMILES string of the molecule is COC(=O)c1c(O)cccc1OCCCCNC(=O)C(Cc1ccc(NC(=O)CO)cc1)NC(C)=O. The van der Waals surface area contributed by atoms with Gasteiger partial charge in [-0.05, 0) is 42.7 Å². The van der Waals surface area contributed by atoms with E-state index < -0.39 is 24.5 Å². The zero-order chi connectivity index (χ0) is 26.5. The van der Waals surface area contributed by atoms with Crippen LogP contribution in [0.2, 0.25) is 0 Å². The van der Waals surface area contributed by atoms with Crippen molar-refractivity contribution in [2.45, 2.75) is 32.2 Å². The van der Waals surface area contributed by atoms with E-state index in [0.29, 0.717) is 25.1 Å². The minimum Gasteiger partial charge on any atom is -0.507 e. The molecular formula is C25H31N3O8. The molecule has 0 saturated carbocycles. The first kappa shape index (κ1) is 28.1. The number of benzene rings is 2. The van der Waals surface area contributed by atoms with Crippen LogP contribution in [0.1, 0.15) is 35.7 Å². The van der Waals surface area contributed by atoms with E-state index in [1.165, 1.54) is 20.1 Å². The quantitative estimate of drug-likeness (QED) is 0.201. The van der Waals surface area contributed by atoms with Crippen LogP contribution in [0.15, 0.2) is 42.5 Å². The van der Waals surface area contributed by atoms with Crippen LogP contribution in [0.25, 0.3) is 0 Å².